The molecule has 4 nitrogen and oxygen atoms in total. The number of nitrogens with zero attached hydrogens (tertiary/aromatic N) is 2. The fourth-order valence-electron chi connectivity index (χ4n) is 0.804. The number of anilines is 1. The molecular formula is C8H15N3OS. The van der Waals surface area contributed by atoms with Gasteiger partial charge < -0.3 is 10.5 Å². The van der Waals surface area contributed by atoms with E-state index >= 15 is 0 Å². The highest BCUT2D eigenvalue weighted by Crippen LogP contribution is 2.13. The van der Waals surface area contributed by atoms with Crippen LogP contribution in [-0.2, 0) is 11.3 Å². The Hall–Kier alpha value is -0.680. The van der Waals surface area contributed by atoms with E-state index in [9.17, 15) is 0 Å². The molecule has 1 heterocycles. The molecule has 13 heavy (non-hydrogen) atoms. The predicted octanol–water partition coefficient (Wildman–Crippen LogP) is 1.68. The Morgan fingerprint density at radius 2 is 2.31 bits per heavy atom. The summed E-state index contributed by atoms with van der Waals surface area (Å²) in [4.78, 5) is 0. The zero-order valence-electron chi connectivity index (χ0n) is 7.99. The van der Waals surface area contributed by atoms with Crippen LogP contribution >= 0.6 is 11.5 Å². The molecule has 74 valence electrons. The smallest absolute Gasteiger partial charge is 0.133 e. The minimum Gasteiger partial charge on any atom is -0.388 e. The van der Waals surface area contributed by atoms with E-state index in [4.69, 9.17) is 10.5 Å². The molecule has 0 unspecified atom stereocenters. The van der Waals surface area contributed by atoms with Crippen molar-refractivity contribution in [1.29, 1.82) is 0 Å². The lowest BCUT2D eigenvalue weighted by atomic mass is 10.1. The summed E-state index contributed by atoms with van der Waals surface area (Å²) in [6.45, 7) is 5.58. The van der Waals surface area contributed by atoms with Gasteiger partial charge in [0.15, 0.2) is 0 Å². The molecule has 0 bridgehead atoms. The Bertz CT molecular complexity index is 249. The van der Waals surface area contributed by atoms with Gasteiger partial charge >= 0.3 is 0 Å². The highest BCUT2D eigenvalue weighted by Gasteiger charge is 2.03. The molecule has 1 rings (SSSR count). The van der Waals surface area contributed by atoms with E-state index in [2.05, 4.69) is 23.4 Å². The number of nitrogens with two attached hydrogens (primary N) is 1. The van der Waals surface area contributed by atoms with Crippen LogP contribution in [0.2, 0.25) is 0 Å². The van der Waals surface area contributed by atoms with Crippen molar-refractivity contribution in [3.63, 3.8) is 0 Å². The summed E-state index contributed by atoms with van der Waals surface area (Å²) in [5, 5.41) is 4.51. The van der Waals surface area contributed by atoms with E-state index in [1.54, 1.807) is 0 Å². The van der Waals surface area contributed by atoms with Crippen LogP contribution in [0, 0.1) is 5.92 Å². The topological polar surface area (TPSA) is 61.0 Å². The Kier molecular flexibility index (Phi) is 4.11. The molecule has 0 aliphatic heterocycles. The molecule has 0 radical (unpaired) electrons. The second-order valence-corrected chi connectivity index (χ2v) is 4.10. The van der Waals surface area contributed by atoms with Gasteiger partial charge in [-0.15, -0.1) is 5.10 Å². The Labute approximate surface area is 82.3 Å². The van der Waals surface area contributed by atoms with E-state index in [1.165, 1.54) is 11.5 Å². The van der Waals surface area contributed by atoms with Crippen molar-refractivity contribution in [3.8, 4) is 0 Å². The summed E-state index contributed by atoms with van der Waals surface area (Å²) in [5.41, 5.74) is 6.35. The van der Waals surface area contributed by atoms with E-state index < -0.39 is 0 Å². The lowest BCUT2D eigenvalue weighted by Crippen LogP contribution is -2.01. The second-order valence-electron chi connectivity index (χ2n) is 3.32. The van der Waals surface area contributed by atoms with Gasteiger partial charge in [-0.3, -0.25) is 0 Å². The van der Waals surface area contributed by atoms with E-state index in [0.29, 0.717) is 17.5 Å². The number of hydrogen-bond acceptors (Lipinski definition) is 5. The van der Waals surface area contributed by atoms with Crippen LogP contribution in [0.25, 0.3) is 0 Å². The first-order valence-corrected chi connectivity index (χ1v) is 5.12. The quantitative estimate of drug-likeness (QED) is 0.736. The van der Waals surface area contributed by atoms with Gasteiger partial charge in [0.1, 0.15) is 10.7 Å². The van der Waals surface area contributed by atoms with Gasteiger partial charge in [0, 0.05) is 18.1 Å². The van der Waals surface area contributed by atoms with Gasteiger partial charge in [0.25, 0.3) is 0 Å². The minimum absolute atomic E-state index is 0.481. The fraction of sp³-hybridized carbons (Fsp3) is 0.750. The van der Waals surface area contributed by atoms with Crippen molar-refractivity contribution >= 4 is 16.5 Å². The molecule has 0 aromatic carbocycles. The standard InChI is InChI=1S/C8H15N3OS/c1-6(2)3-4-12-5-7-8(9)13-11-10-7/h6H,3-5,9H2,1-2H3. The van der Waals surface area contributed by atoms with Crippen molar-refractivity contribution in [1.82, 2.24) is 9.59 Å². The maximum atomic E-state index is 5.60. The van der Waals surface area contributed by atoms with Gasteiger partial charge in [-0.2, -0.15) is 0 Å². The summed E-state index contributed by atoms with van der Waals surface area (Å²) in [7, 11) is 0. The average Bonchev–Trinajstić information content (AvgIpc) is 2.45. The third-order valence-electron chi connectivity index (χ3n) is 1.66. The molecule has 1 aromatic rings. The fourth-order valence-corrected chi connectivity index (χ4v) is 1.24. The van der Waals surface area contributed by atoms with E-state index in [0.717, 1.165) is 18.7 Å². The summed E-state index contributed by atoms with van der Waals surface area (Å²) < 4.78 is 9.12. The summed E-state index contributed by atoms with van der Waals surface area (Å²) in [6.07, 6.45) is 1.07. The molecule has 0 fully saturated rings. The molecule has 0 aliphatic rings. The number of rotatable bonds is 5. The van der Waals surface area contributed by atoms with Gasteiger partial charge in [-0.25, -0.2) is 0 Å². The van der Waals surface area contributed by atoms with Gasteiger partial charge in [0.2, 0.25) is 0 Å². The van der Waals surface area contributed by atoms with Gasteiger partial charge in [-0.1, -0.05) is 18.3 Å². The van der Waals surface area contributed by atoms with Crippen LogP contribution in [0.4, 0.5) is 5.00 Å². The maximum Gasteiger partial charge on any atom is 0.133 e. The lowest BCUT2D eigenvalue weighted by Gasteiger charge is -2.04. The highest BCUT2D eigenvalue weighted by atomic mass is 32.1. The zero-order valence-corrected chi connectivity index (χ0v) is 8.80. The number of aromatic nitrogens is 2. The average molecular weight is 201 g/mol. The van der Waals surface area contributed by atoms with Gasteiger partial charge in [-0.05, 0) is 12.3 Å². The van der Waals surface area contributed by atoms with E-state index in [1.807, 2.05) is 0 Å². The van der Waals surface area contributed by atoms with Crippen molar-refractivity contribution in [2.24, 2.45) is 5.92 Å². The molecule has 0 aliphatic carbocycles. The number of nitrogen functional groups attached to an aromatic ring is 1. The Morgan fingerprint density at radius 1 is 1.54 bits per heavy atom. The molecule has 0 spiro atoms. The van der Waals surface area contributed by atoms with Crippen LogP contribution in [0.3, 0.4) is 0 Å². The van der Waals surface area contributed by atoms with Crippen LogP contribution in [0.5, 0.6) is 0 Å². The largest absolute Gasteiger partial charge is 0.388 e. The Morgan fingerprint density at radius 3 is 2.85 bits per heavy atom. The summed E-state index contributed by atoms with van der Waals surface area (Å²) in [5.74, 6) is 0.672. The third-order valence-corrected chi connectivity index (χ3v) is 2.26. The first-order chi connectivity index (χ1) is 6.20. The number of ether oxygens (including phenoxy) is 1. The second kappa shape index (κ2) is 5.14. The molecule has 0 atom stereocenters. The van der Waals surface area contributed by atoms with Gasteiger partial charge in [0.05, 0.1) is 6.61 Å². The molecule has 0 amide bonds. The van der Waals surface area contributed by atoms with Crippen molar-refractivity contribution < 1.29 is 4.74 Å². The third kappa shape index (κ3) is 3.69. The maximum absolute atomic E-state index is 5.60. The van der Waals surface area contributed by atoms with E-state index in [-0.39, 0.29) is 0 Å². The monoisotopic (exact) mass is 201 g/mol. The first-order valence-electron chi connectivity index (χ1n) is 4.34. The summed E-state index contributed by atoms with van der Waals surface area (Å²) >= 11 is 1.21. The van der Waals surface area contributed by atoms with Crippen LogP contribution < -0.4 is 5.73 Å². The molecule has 2 N–H and O–H groups in total. The predicted molar refractivity (Wildman–Crippen MR) is 53.4 cm³/mol. The van der Waals surface area contributed by atoms with Crippen molar-refractivity contribution in [2.75, 3.05) is 12.3 Å². The highest BCUT2D eigenvalue weighted by molar-refractivity contribution is 7.09. The minimum atomic E-state index is 0.481. The zero-order chi connectivity index (χ0) is 9.68. The van der Waals surface area contributed by atoms with Crippen LogP contribution in [0.1, 0.15) is 26.0 Å². The molecular weight excluding hydrogens is 186 g/mol. The Balaban J connectivity index is 2.17. The molecule has 1 aromatic heterocycles. The normalized spacial score (nSPS) is 11.0. The SMILES string of the molecule is CC(C)CCOCc1nnsc1N. The van der Waals surface area contributed by atoms with Crippen LogP contribution in [-0.4, -0.2) is 16.2 Å². The van der Waals surface area contributed by atoms with Crippen molar-refractivity contribution in [3.05, 3.63) is 5.69 Å². The van der Waals surface area contributed by atoms with Crippen LogP contribution in [0.15, 0.2) is 0 Å². The summed E-state index contributed by atoms with van der Waals surface area (Å²) in [6, 6.07) is 0. The lowest BCUT2D eigenvalue weighted by molar-refractivity contribution is 0.108. The molecule has 5 heteroatoms. The first kappa shape index (κ1) is 10.4. The molecule has 0 saturated carbocycles. The van der Waals surface area contributed by atoms with Crippen molar-refractivity contribution in [2.45, 2.75) is 26.9 Å². The number of hydrogen-bond donors (Lipinski definition) is 1. The molecule has 0 saturated heterocycles.